The van der Waals surface area contributed by atoms with Gasteiger partial charge in [0.05, 0.1) is 5.54 Å². The van der Waals surface area contributed by atoms with Gasteiger partial charge in [-0.15, -0.1) is 0 Å². The molecular formula is C6H12N2O2. The molecule has 0 fully saturated rings. The van der Waals surface area contributed by atoms with Crippen LogP contribution in [0.2, 0.25) is 0 Å². The molecule has 0 saturated carbocycles. The van der Waals surface area contributed by atoms with E-state index < -0.39 is 11.4 Å². The summed E-state index contributed by atoms with van der Waals surface area (Å²) in [5, 5.41) is 0. The molecule has 0 aliphatic carbocycles. The van der Waals surface area contributed by atoms with Gasteiger partial charge >= 0.3 is 0 Å². The number of amides is 1. The van der Waals surface area contributed by atoms with E-state index in [0.29, 0.717) is 12.7 Å². The van der Waals surface area contributed by atoms with Gasteiger partial charge in [0.15, 0.2) is 0 Å². The van der Waals surface area contributed by atoms with Gasteiger partial charge in [-0.2, -0.15) is 0 Å². The van der Waals surface area contributed by atoms with Crippen molar-refractivity contribution in [2.24, 2.45) is 11.5 Å². The van der Waals surface area contributed by atoms with Crippen LogP contribution in [-0.2, 0) is 9.59 Å². The molecule has 10 heavy (non-hydrogen) atoms. The summed E-state index contributed by atoms with van der Waals surface area (Å²) in [7, 11) is 0. The standard InChI is InChI=1S/C6H12N2O2/c1-6(8,4-9)3-2-5(7)10/h4H,2-3,8H2,1H3,(H2,7,10). The number of nitrogens with two attached hydrogens (primary N) is 2. The Labute approximate surface area is 59.6 Å². The number of carbonyl (C=O) groups is 2. The van der Waals surface area contributed by atoms with Crippen LogP contribution in [0.25, 0.3) is 0 Å². The van der Waals surface area contributed by atoms with Crippen molar-refractivity contribution in [1.82, 2.24) is 0 Å². The van der Waals surface area contributed by atoms with Gasteiger partial charge in [-0.1, -0.05) is 0 Å². The van der Waals surface area contributed by atoms with Gasteiger partial charge in [-0.3, -0.25) is 4.79 Å². The molecule has 1 atom stereocenters. The number of hydrogen-bond acceptors (Lipinski definition) is 3. The molecule has 0 aliphatic rings. The Morgan fingerprint density at radius 3 is 2.50 bits per heavy atom. The van der Waals surface area contributed by atoms with Crippen LogP contribution in [0.15, 0.2) is 0 Å². The molecule has 0 aromatic carbocycles. The second-order valence-corrected chi connectivity index (χ2v) is 2.59. The van der Waals surface area contributed by atoms with E-state index in [1.807, 2.05) is 0 Å². The van der Waals surface area contributed by atoms with Crippen LogP contribution in [0.1, 0.15) is 19.8 Å². The van der Waals surface area contributed by atoms with Crippen molar-refractivity contribution in [3.63, 3.8) is 0 Å². The van der Waals surface area contributed by atoms with Crippen molar-refractivity contribution in [1.29, 1.82) is 0 Å². The quantitative estimate of drug-likeness (QED) is 0.505. The fourth-order valence-corrected chi connectivity index (χ4v) is 0.451. The van der Waals surface area contributed by atoms with Crippen LogP contribution in [-0.4, -0.2) is 17.7 Å². The van der Waals surface area contributed by atoms with Gasteiger partial charge in [0.1, 0.15) is 6.29 Å². The van der Waals surface area contributed by atoms with Gasteiger partial charge in [0.2, 0.25) is 5.91 Å². The van der Waals surface area contributed by atoms with Crippen molar-refractivity contribution in [3.8, 4) is 0 Å². The second kappa shape index (κ2) is 3.31. The summed E-state index contributed by atoms with van der Waals surface area (Å²) in [6, 6.07) is 0. The zero-order valence-corrected chi connectivity index (χ0v) is 5.96. The molecule has 0 bridgehead atoms. The molecule has 0 heterocycles. The Morgan fingerprint density at radius 2 is 2.20 bits per heavy atom. The highest BCUT2D eigenvalue weighted by Crippen LogP contribution is 2.03. The topological polar surface area (TPSA) is 86.2 Å². The third-order valence-electron chi connectivity index (χ3n) is 1.18. The molecule has 0 aromatic heterocycles. The van der Waals surface area contributed by atoms with E-state index in [-0.39, 0.29) is 6.42 Å². The lowest BCUT2D eigenvalue weighted by Gasteiger charge is -2.14. The zero-order chi connectivity index (χ0) is 8.20. The predicted octanol–water partition coefficient (Wildman–Crippen LogP) is -0.832. The molecule has 0 radical (unpaired) electrons. The number of aldehydes is 1. The molecular weight excluding hydrogens is 132 g/mol. The summed E-state index contributed by atoms with van der Waals surface area (Å²) in [6.45, 7) is 1.56. The van der Waals surface area contributed by atoms with Crippen LogP contribution in [0, 0.1) is 0 Å². The van der Waals surface area contributed by atoms with E-state index in [1.165, 1.54) is 0 Å². The largest absolute Gasteiger partial charge is 0.370 e. The van der Waals surface area contributed by atoms with Gasteiger partial charge in [-0.25, -0.2) is 0 Å². The average Bonchev–Trinajstić information content (AvgIpc) is 1.85. The molecule has 0 aromatic rings. The number of carbonyl (C=O) groups excluding carboxylic acids is 2. The third-order valence-corrected chi connectivity index (χ3v) is 1.18. The van der Waals surface area contributed by atoms with Crippen LogP contribution in [0.4, 0.5) is 0 Å². The lowest BCUT2D eigenvalue weighted by Crippen LogP contribution is -2.38. The summed E-state index contributed by atoms with van der Waals surface area (Å²) in [6.07, 6.45) is 1.09. The minimum atomic E-state index is -0.908. The first-order valence-corrected chi connectivity index (χ1v) is 3.01. The van der Waals surface area contributed by atoms with E-state index in [1.54, 1.807) is 6.92 Å². The Balaban J connectivity index is 3.67. The number of primary amides is 1. The highest BCUT2D eigenvalue weighted by atomic mass is 16.1. The highest BCUT2D eigenvalue weighted by molar-refractivity contribution is 5.75. The Kier molecular flexibility index (Phi) is 3.02. The molecule has 0 saturated heterocycles. The predicted molar refractivity (Wildman–Crippen MR) is 37.1 cm³/mol. The molecule has 1 unspecified atom stereocenters. The molecule has 0 aliphatic heterocycles. The van der Waals surface area contributed by atoms with Crippen LogP contribution in [0.5, 0.6) is 0 Å². The van der Waals surface area contributed by atoms with Crippen LogP contribution < -0.4 is 11.5 Å². The fraction of sp³-hybridized carbons (Fsp3) is 0.667. The summed E-state index contributed by atoms with van der Waals surface area (Å²) >= 11 is 0. The molecule has 58 valence electrons. The summed E-state index contributed by atoms with van der Waals surface area (Å²) in [5.74, 6) is -0.432. The lowest BCUT2D eigenvalue weighted by atomic mass is 9.99. The Hall–Kier alpha value is -0.900. The van der Waals surface area contributed by atoms with Crippen molar-refractivity contribution < 1.29 is 9.59 Å². The Bertz CT molecular complexity index is 143. The van der Waals surface area contributed by atoms with E-state index in [9.17, 15) is 9.59 Å². The summed E-state index contributed by atoms with van der Waals surface area (Å²) in [4.78, 5) is 20.4. The maximum absolute atomic E-state index is 10.2. The molecule has 4 N–H and O–H groups in total. The average molecular weight is 144 g/mol. The SMILES string of the molecule is CC(N)(C=O)CCC(N)=O. The first-order valence-electron chi connectivity index (χ1n) is 3.01. The van der Waals surface area contributed by atoms with E-state index in [4.69, 9.17) is 11.5 Å². The van der Waals surface area contributed by atoms with E-state index in [0.717, 1.165) is 0 Å². The van der Waals surface area contributed by atoms with E-state index in [2.05, 4.69) is 0 Å². The van der Waals surface area contributed by atoms with Gasteiger partial charge < -0.3 is 16.3 Å². The monoisotopic (exact) mass is 144 g/mol. The van der Waals surface area contributed by atoms with Crippen molar-refractivity contribution in [3.05, 3.63) is 0 Å². The highest BCUT2D eigenvalue weighted by Gasteiger charge is 2.17. The molecule has 1 amide bonds. The number of rotatable bonds is 4. The molecule has 4 nitrogen and oxygen atoms in total. The molecule has 0 spiro atoms. The molecule has 0 rings (SSSR count). The van der Waals surface area contributed by atoms with Gasteiger partial charge in [0, 0.05) is 6.42 Å². The Morgan fingerprint density at radius 1 is 1.70 bits per heavy atom. The van der Waals surface area contributed by atoms with Gasteiger partial charge in [0.25, 0.3) is 0 Å². The van der Waals surface area contributed by atoms with Crippen molar-refractivity contribution in [2.75, 3.05) is 0 Å². The third kappa shape index (κ3) is 4.03. The zero-order valence-electron chi connectivity index (χ0n) is 5.96. The fourth-order valence-electron chi connectivity index (χ4n) is 0.451. The maximum atomic E-state index is 10.2. The maximum Gasteiger partial charge on any atom is 0.217 e. The van der Waals surface area contributed by atoms with Crippen molar-refractivity contribution >= 4 is 12.2 Å². The normalized spacial score (nSPS) is 15.8. The smallest absolute Gasteiger partial charge is 0.217 e. The van der Waals surface area contributed by atoms with E-state index >= 15 is 0 Å². The van der Waals surface area contributed by atoms with Crippen molar-refractivity contribution in [2.45, 2.75) is 25.3 Å². The first-order chi connectivity index (χ1) is 4.48. The van der Waals surface area contributed by atoms with Crippen LogP contribution in [0.3, 0.4) is 0 Å². The van der Waals surface area contributed by atoms with Crippen LogP contribution >= 0.6 is 0 Å². The molecule has 4 heteroatoms. The summed E-state index contributed by atoms with van der Waals surface area (Å²) in [5.41, 5.74) is 9.32. The second-order valence-electron chi connectivity index (χ2n) is 2.59. The lowest BCUT2D eigenvalue weighted by molar-refractivity contribution is -0.118. The minimum Gasteiger partial charge on any atom is -0.370 e. The summed E-state index contributed by atoms with van der Waals surface area (Å²) < 4.78 is 0. The van der Waals surface area contributed by atoms with Gasteiger partial charge in [-0.05, 0) is 13.3 Å². The first kappa shape index (κ1) is 9.10. The number of hydrogen-bond donors (Lipinski definition) is 2. The minimum absolute atomic E-state index is 0.158.